The summed E-state index contributed by atoms with van der Waals surface area (Å²) in [5, 5.41) is 0. The molecule has 13 heavy (non-hydrogen) atoms. The van der Waals surface area contributed by atoms with E-state index in [1.807, 2.05) is 11.6 Å². The largest absolute Gasteiger partial charge is 0.269 e. The number of allylic oxidation sites excluding steroid dienone is 1. The fraction of sp³-hybridized carbons (Fsp3) is 0.625. The van der Waals surface area contributed by atoms with Gasteiger partial charge < -0.3 is 0 Å². The molecule has 0 atom stereocenters. The Balaban J connectivity index is 2.75. The third-order valence-corrected chi connectivity index (χ3v) is 2.60. The molecule has 74 valence electrons. The van der Waals surface area contributed by atoms with Gasteiger partial charge in [-0.15, -0.1) is 0 Å². The van der Waals surface area contributed by atoms with Gasteiger partial charge in [-0.25, -0.2) is 13.1 Å². The molecule has 1 N–H and O–H groups in total. The Morgan fingerprint density at radius 1 is 1.38 bits per heavy atom. The third kappa shape index (κ3) is 2.84. The molecule has 1 rings (SSSR count). The predicted molar refractivity (Wildman–Crippen MR) is 49.5 cm³/mol. The molecule has 0 bridgehead atoms. The Morgan fingerprint density at radius 2 is 2.00 bits per heavy atom. The van der Waals surface area contributed by atoms with Crippen LogP contribution in [0.3, 0.4) is 0 Å². The number of sulfonamides is 1. The van der Waals surface area contributed by atoms with Crippen molar-refractivity contribution in [3.63, 3.8) is 0 Å². The van der Waals surface area contributed by atoms with Crippen molar-refractivity contribution >= 4 is 15.9 Å². The molecule has 0 spiro atoms. The molecule has 5 heteroatoms. The molecule has 0 aromatic rings. The topological polar surface area (TPSA) is 63.2 Å². The zero-order chi connectivity index (χ0) is 10.1. The Hall–Kier alpha value is -0.840. The molecular formula is C8H13NO3S. The van der Waals surface area contributed by atoms with E-state index < -0.39 is 15.9 Å². The zero-order valence-electron chi connectivity index (χ0n) is 7.75. The highest BCUT2D eigenvalue weighted by Gasteiger charge is 2.19. The number of nitrogens with one attached hydrogen (secondary N) is 1. The molecule has 0 saturated heterocycles. The van der Waals surface area contributed by atoms with Gasteiger partial charge in [-0.3, -0.25) is 4.79 Å². The van der Waals surface area contributed by atoms with Crippen molar-refractivity contribution in [1.82, 2.24) is 4.72 Å². The van der Waals surface area contributed by atoms with Crippen LogP contribution in [-0.4, -0.2) is 20.6 Å². The number of hydrogen-bond acceptors (Lipinski definition) is 3. The first kappa shape index (κ1) is 10.2. The van der Waals surface area contributed by atoms with E-state index in [1.165, 1.54) is 0 Å². The van der Waals surface area contributed by atoms with Gasteiger partial charge in [0.1, 0.15) is 0 Å². The van der Waals surface area contributed by atoms with Gasteiger partial charge in [0.2, 0.25) is 10.0 Å². The summed E-state index contributed by atoms with van der Waals surface area (Å²) < 4.78 is 23.5. The van der Waals surface area contributed by atoms with Crippen molar-refractivity contribution in [2.24, 2.45) is 0 Å². The first-order valence-electron chi connectivity index (χ1n) is 4.11. The van der Waals surface area contributed by atoms with Gasteiger partial charge >= 0.3 is 0 Å². The van der Waals surface area contributed by atoms with Gasteiger partial charge in [-0.2, -0.15) is 0 Å². The van der Waals surface area contributed by atoms with Crippen LogP contribution in [0.5, 0.6) is 0 Å². The lowest BCUT2D eigenvalue weighted by molar-refractivity contribution is -0.115. The fourth-order valence-corrected chi connectivity index (χ4v) is 1.89. The molecule has 0 aromatic carbocycles. The minimum atomic E-state index is -3.42. The van der Waals surface area contributed by atoms with Crippen LogP contribution in [0.1, 0.15) is 26.2 Å². The van der Waals surface area contributed by atoms with E-state index in [1.54, 1.807) is 0 Å². The van der Waals surface area contributed by atoms with Gasteiger partial charge in [-0.05, 0) is 26.2 Å². The first-order chi connectivity index (χ1) is 5.90. The molecule has 1 amide bonds. The highest BCUT2D eigenvalue weighted by Crippen LogP contribution is 2.25. The van der Waals surface area contributed by atoms with Crippen LogP contribution < -0.4 is 4.72 Å². The molecule has 0 aromatic heterocycles. The number of carbonyl (C=O) groups is 1. The minimum absolute atomic E-state index is 0.461. The normalized spacial score (nSPS) is 17.7. The smallest absolute Gasteiger partial charge is 0.260 e. The number of hydrogen-bond donors (Lipinski definition) is 1. The maximum absolute atomic E-state index is 11.3. The van der Waals surface area contributed by atoms with Crippen LogP contribution >= 0.6 is 0 Å². The lowest BCUT2D eigenvalue weighted by atomic mass is 10.2. The maximum atomic E-state index is 11.3. The molecule has 0 fully saturated rings. The summed E-state index contributed by atoms with van der Waals surface area (Å²) in [4.78, 5) is 11.3. The summed E-state index contributed by atoms with van der Waals surface area (Å²) in [6.07, 6.45) is 3.51. The summed E-state index contributed by atoms with van der Waals surface area (Å²) in [6, 6.07) is 0. The van der Waals surface area contributed by atoms with Gasteiger partial charge in [0, 0.05) is 5.57 Å². The van der Waals surface area contributed by atoms with Crippen LogP contribution in [0.4, 0.5) is 0 Å². The third-order valence-electron chi connectivity index (χ3n) is 2.05. The van der Waals surface area contributed by atoms with E-state index in [4.69, 9.17) is 0 Å². The van der Waals surface area contributed by atoms with Gasteiger partial charge in [0.05, 0.1) is 6.26 Å². The molecule has 1 aliphatic rings. The van der Waals surface area contributed by atoms with Crippen LogP contribution in [0.25, 0.3) is 0 Å². The molecule has 0 radical (unpaired) electrons. The van der Waals surface area contributed by atoms with Crippen molar-refractivity contribution < 1.29 is 13.2 Å². The van der Waals surface area contributed by atoms with Crippen LogP contribution in [-0.2, 0) is 14.8 Å². The molecule has 0 heterocycles. The summed E-state index contributed by atoms with van der Waals surface area (Å²) in [7, 11) is -3.42. The monoisotopic (exact) mass is 203 g/mol. The second kappa shape index (κ2) is 3.49. The average Bonchev–Trinajstić information content (AvgIpc) is 2.30. The van der Waals surface area contributed by atoms with Crippen LogP contribution in [0.2, 0.25) is 0 Å². The summed E-state index contributed by atoms with van der Waals surface area (Å²) in [5.74, 6) is -0.461. The van der Waals surface area contributed by atoms with Crippen molar-refractivity contribution in [3.05, 3.63) is 11.1 Å². The lowest BCUT2D eigenvalue weighted by Gasteiger charge is -2.03. The Labute approximate surface area is 78.1 Å². The standard InChI is InChI=1S/C8H13NO3S/c1-6-4-3-5-7(6)8(10)9-13(2,11)12/h3-5H2,1-2H3,(H,9,10). The van der Waals surface area contributed by atoms with Crippen molar-refractivity contribution in [2.45, 2.75) is 26.2 Å². The highest BCUT2D eigenvalue weighted by molar-refractivity contribution is 7.89. The van der Waals surface area contributed by atoms with Gasteiger partial charge in [0.15, 0.2) is 0 Å². The van der Waals surface area contributed by atoms with Crippen LogP contribution in [0.15, 0.2) is 11.1 Å². The number of amides is 1. The van der Waals surface area contributed by atoms with E-state index in [0.717, 1.165) is 24.7 Å². The second-order valence-electron chi connectivity index (χ2n) is 3.32. The lowest BCUT2D eigenvalue weighted by Crippen LogP contribution is -2.30. The van der Waals surface area contributed by atoms with Gasteiger partial charge in [0.25, 0.3) is 5.91 Å². The van der Waals surface area contributed by atoms with E-state index in [0.29, 0.717) is 12.0 Å². The van der Waals surface area contributed by atoms with E-state index in [2.05, 4.69) is 0 Å². The minimum Gasteiger partial charge on any atom is -0.269 e. The average molecular weight is 203 g/mol. The number of rotatable bonds is 2. The van der Waals surface area contributed by atoms with Crippen molar-refractivity contribution in [2.75, 3.05) is 6.26 Å². The zero-order valence-corrected chi connectivity index (χ0v) is 8.57. The first-order valence-corrected chi connectivity index (χ1v) is 6.00. The summed E-state index contributed by atoms with van der Waals surface area (Å²) in [6.45, 7) is 1.87. The summed E-state index contributed by atoms with van der Waals surface area (Å²) in [5.41, 5.74) is 1.63. The Kier molecular flexibility index (Phi) is 2.75. The van der Waals surface area contributed by atoms with Crippen molar-refractivity contribution in [1.29, 1.82) is 0 Å². The quantitative estimate of drug-likeness (QED) is 0.713. The predicted octanol–water partition coefficient (Wildman–Crippen LogP) is 0.563. The summed E-state index contributed by atoms with van der Waals surface area (Å²) >= 11 is 0. The van der Waals surface area contributed by atoms with Crippen LogP contribution in [0, 0.1) is 0 Å². The maximum Gasteiger partial charge on any atom is 0.260 e. The van der Waals surface area contributed by atoms with Gasteiger partial charge in [-0.1, -0.05) is 5.57 Å². The molecule has 1 aliphatic carbocycles. The van der Waals surface area contributed by atoms with E-state index in [9.17, 15) is 13.2 Å². The molecule has 4 nitrogen and oxygen atoms in total. The fourth-order valence-electron chi connectivity index (χ4n) is 1.43. The SMILES string of the molecule is CC1=C(C(=O)NS(C)(=O)=O)CCC1. The molecular weight excluding hydrogens is 190 g/mol. The van der Waals surface area contributed by atoms with Crippen molar-refractivity contribution in [3.8, 4) is 0 Å². The molecule has 0 saturated carbocycles. The highest BCUT2D eigenvalue weighted by atomic mass is 32.2. The Morgan fingerprint density at radius 3 is 2.38 bits per heavy atom. The number of carbonyl (C=O) groups excluding carboxylic acids is 1. The molecule has 0 unspecified atom stereocenters. The van der Waals surface area contributed by atoms with E-state index >= 15 is 0 Å². The Bertz CT molecular complexity index is 354. The second-order valence-corrected chi connectivity index (χ2v) is 5.06. The molecule has 0 aliphatic heterocycles. The van der Waals surface area contributed by atoms with E-state index in [-0.39, 0.29) is 0 Å².